The van der Waals surface area contributed by atoms with Gasteiger partial charge in [-0.1, -0.05) is 66.2 Å². The highest BCUT2D eigenvalue weighted by Crippen LogP contribution is 2.38. The number of methoxy groups -OCH3 is 1. The first-order valence-electron chi connectivity index (χ1n) is 11.1. The van der Waals surface area contributed by atoms with Crippen LogP contribution in [0.15, 0.2) is 78.9 Å². The Morgan fingerprint density at radius 3 is 2.50 bits per heavy atom. The molecule has 0 radical (unpaired) electrons. The van der Waals surface area contributed by atoms with Crippen LogP contribution in [0.4, 0.5) is 11.9 Å². The number of hydrogen-bond acceptors (Lipinski definition) is 5. The molecule has 2 heterocycles. The predicted octanol–water partition coefficient (Wildman–Crippen LogP) is 5.27. The van der Waals surface area contributed by atoms with Crippen LogP contribution in [0.1, 0.15) is 35.2 Å². The molecule has 8 heteroatoms. The fourth-order valence-electron chi connectivity index (χ4n) is 4.19. The number of nitrogens with one attached hydrogen (secondary N) is 2. The Hall–Kier alpha value is -3.84. The van der Waals surface area contributed by atoms with Gasteiger partial charge in [-0.15, -0.1) is 5.10 Å². The van der Waals surface area contributed by atoms with Crippen LogP contribution < -0.4 is 15.4 Å². The summed E-state index contributed by atoms with van der Waals surface area (Å²) in [7, 11) is 1.61. The lowest BCUT2D eigenvalue weighted by Crippen LogP contribution is -2.28. The van der Waals surface area contributed by atoms with Crippen molar-refractivity contribution in [2.75, 3.05) is 17.7 Å². The Morgan fingerprint density at radius 1 is 1.06 bits per heavy atom. The molecule has 1 aromatic heterocycles. The van der Waals surface area contributed by atoms with Gasteiger partial charge in [0.2, 0.25) is 11.9 Å². The van der Waals surface area contributed by atoms with E-state index >= 15 is 0 Å². The number of ether oxygens (including phenoxy) is 1. The summed E-state index contributed by atoms with van der Waals surface area (Å²) in [6, 6.07) is 25.4. The number of rotatable bonds is 6. The monoisotopic (exact) mass is 473 g/mol. The van der Waals surface area contributed by atoms with E-state index in [-0.39, 0.29) is 30.4 Å². The third-order valence-electron chi connectivity index (χ3n) is 5.92. The minimum absolute atomic E-state index is 0.0569. The molecule has 5 rings (SSSR count). The quantitative estimate of drug-likeness (QED) is 0.399. The minimum Gasteiger partial charge on any atom is -0.497 e. The number of carbonyl (C=O) groups excluding carboxylic acids is 1. The van der Waals surface area contributed by atoms with Crippen LogP contribution in [-0.4, -0.2) is 27.8 Å². The van der Waals surface area contributed by atoms with E-state index in [4.69, 9.17) is 16.3 Å². The molecule has 4 aromatic rings. The average Bonchev–Trinajstić information content (AvgIpc) is 3.27. The first kappa shape index (κ1) is 22.0. The number of hydrogen-bond donors (Lipinski definition) is 2. The standard InChI is InChI=1S/C26H24ClN5O2/c1-34-21-13-7-17(8-14-21)15-24(33)29-25-30-26-28-22(18-5-3-2-4-6-18)16-23(32(26)31-25)19-9-11-20(27)12-10-19/h2-14,22-23H,15-16H2,1H3,(H2,28,29,30,31,33). The molecule has 34 heavy (non-hydrogen) atoms. The molecule has 1 amide bonds. The third kappa shape index (κ3) is 4.75. The third-order valence-corrected chi connectivity index (χ3v) is 6.17. The van der Waals surface area contributed by atoms with Crippen molar-refractivity contribution in [1.82, 2.24) is 14.8 Å². The number of halogens is 1. The molecule has 0 bridgehead atoms. The summed E-state index contributed by atoms with van der Waals surface area (Å²) >= 11 is 6.12. The molecule has 0 fully saturated rings. The van der Waals surface area contributed by atoms with Crippen LogP contribution >= 0.6 is 11.6 Å². The lowest BCUT2D eigenvalue weighted by molar-refractivity contribution is -0.115. The Bertz CT molecular complexity index is 1270. The topological polar surface area (TPSA) is 81.1 Å². The summed E-state index contributed by atoms with van der Waals surface area (Å²) in [5.74, 6) is 1.45. The van der Waals surface area contributed by atoms with Crippen LogP contribution in [0.2, 0.25) is 5.02 Å². The SMILES string of the molecule is COc1ccc(CC(=O)Nc2nc3n(n2)C(c2ccc(Cl)cc2)CC(c2ccccc2)N3)cc1. The van der Waals surface area contributed by atoms with Gasteiger partial charge in [-0.3, -0.25) is 10.1 Å². The average molecular weight is 474 g/mol. The number of benzene rings is 3. The molecular formula is C26H24ClN5O2. The Morgan fingerprint density at radius 2 is 1.79 bits per heavy atom. The molecule has 3 aromatic carbocycles. The largest absolute Gasteiger partial charge is 0.497 e. The molecule has 1 aliphatic heterocycles. The fourth-order valence-corrected chi connectivity index (χ4v) is 4.32. The van der Waals surface area contributed by atoms with Gasteiger partial charge in [0, 0.05) is 5.02 Å². The van der Waals surface area contributed by atoms with Crippen LogP contribution in [-0.2, 0) is 11.2 Å². The second-order valence-corrected chi connectivity index (χ2v) is 8.62. The molecular weight excluding hydrogens is 450 g/mol. The number of anilines is 2. The molecule has 0 saturated carbocycles. The Kier molecular flexibility index (Phi) is 6.18. The van der Waals surface area contributed by atoms with Gasteiger partial charge in [0.25, 0.3) is 5.95 Å². The zero-order valence-electron chi connectivity index (χ0n) is 18.6. The van der Waals surface area contributed by atoms with Crippen LogP contribution in [0.25, 0.3) is 0 Å². The van der Waals surface area contributed by atoms with E-state index in [0.29, 0.717) is 11.0 Å². The summed E-state index contributed by atoms with van der Waals surface area (Å²) < 4.78 is 7.01. The normalized spacial score (nSPS) is 16.9. The zero-order valence-corrected chi connectivity index (χ0v) is 19.4. The van der Waals surface area contributed by atoms with E-state index in [9.17, 15) is 4.79 Å². The van der Waals surface area contributed by atoms with Gasteiger partial charge in [-0.2, -0.15) is 4.98 Å². The molecule has 0 aliphatic carbocycles. The van der Waals surface area contributed by atoms with Crippen molar-refractivity contribution in [3.63, 3.8) is 0 Å². The van der Waals surface area contributed by atoms with Crippen molar-refractivity contribution in [2.24, 2.45) is 0 Å². The number of fused-ring (bicyclic) bond motifs is 1. The number of aromatic nitrogens is 3. The van der Waals surface area contributed by atoms with Crippen LogP contribution in [0, 0.1) is 0 Å². The van der Waals surface area contributed by atoms with Crippen LogP contribution in [0.3, 0.4) is 0 Å². The van der Waals surface area contributed by atoms with Crippen molar-refractivity contribution in [3.8, 4) is 5.75 Å². The lowest BCUT2D eigenvalue weighted by Gasteiger charge is -2.31. The summed E-state index contributed by atoms with van der Waals surface area (Å²) in [4.78, 5) is 17.2. The van der Waals surface area contributed by atoms with Gasteiger partial charge in [0.1, 0.15) is 5.75 Å². The maximum atomic E-state index is 12.7. The summed E-state index contributed by atoms with van der Waals surface area (Å²) in [5, 5.41) is 11.6. The van der Waals surface area contributed by atoms with Gasteiger partial charge in [0.05, 0.1) is 25.6 Å². The van der Waals surface area contributed by atoms with Crippen molar-refractivity contribution >= 4 is 29.4 Å². The van der Waals surface area contributed by atoms with Gasteiger partial charge < -0.3 is 10.1 Å². The zero-order chi connectivity index (χ0) is 23.5. The van der Waals surface area contributed by atoms with Gasteiger partial charge in [-0.25, -0.2) is 4.68 Å². The Labute approximate surface area is 202 Å². The van der Waals surface area contributed by atoms with Gasteiger partial charge in [0.15, 0.2) is 0 Å². The smallest absolute Gasteiger partial charge is 0.250 e. The summed E-state index contributed by atoms with van der Waals surface area (Å²) in [6.45, 7) is 0. The molecule has 2 N–H and O–H groups in total. The van der Waals surface area contributed by atoms with Gasteiger partial charge in [-0.05, 0) is 47.4 Å². The number of carbonyl (C=O) groups is 1. The lowest BCUT2D eigenvalue weighted by atomic mass is 9.93. The maximum absolute atomic E-state index is 12.7. The first-order valence-corrected chi connectivity index (χ1v) is 11.4. The van der Waals surface area contributed by atoms with E-state index in [1.54, 1.807) is 7.11 Å². The highest BCUT2D eigenvalue weighted by molar-refractivity contribution is 6.30. The second-order valence-electron chi connectivity index (χ2n) is 8.19. The van der Waals surface area contributed by atoms with Gasteiger partial charge >= 0.3 is 0 Å². The molecule has 0 saturated heterocycles. The molecule has 7 nitrogen and oxygen atoms in total. The number of amides is 1. The Balaban J connectivity index is 1.39. The van der Waals surface area contributed by atoms with Crippen molar-refractivity contribution in [1.29, 1.82) is 0 Å². The predicted molar refractivity (Wildman–Crippen MR) is 132 cm³/mol. The second kappa shape index (κ2) is 9.57. The molecule has 2 unspecified atom stereocenters. The van der Waals surface area contributed by atoms with E-state index in [2.05, 4.69) is 32.8 Å². The number of nitrogens with zero attached hydrogens (tertiary/aromatic N) is 3. The highest BCUT2D eigenvalue weighted by Gasteiger charge is 2.31. The van der Waals surface area contributed by atoms with E-state index < -0.39 is 0 Å². The first-order chi connectivity index (χ1) is 16.6. The maximum Gasteiger partial charge on any atom is 0.250 e. The van der Waals surface area contributed by atoms with Crippen molar-refractivity contribution < 1.29 is 9.53 Å². The van der Waals surface area contributed by atoms with Crippen molar-refractivity contribution in [2.45, 2.75) is 24.9 Å². The highest BCUT2D eigenvalue weighted by atomic mass is 35.5. The van der Waals surface area contributed by atoms with E-state index in [1.165, 1.54) is 5.56 Å². The molecule has 1 aliphatic rings. The summed E-state index contributed by atoms with van der Waals surface area (Å²) in [5.41, 5.74) is 3.12. The summed E-state index contributed by atoms with van der Waals surface area (Å²) in [6.07, 6.45) is 0.996. The molecule has 172 valence electrons. The van der Waals surface area contributed by atoms with Crippen LogP contribution in [0.5, 0.6) is 5.75 Å². The molecule has 0 spiro atoms. The van der Waals surface area contributed by atoms with Crippen molar-refractivity contribution in [3.05, 3.63) is 101 Å². The van der Waals surface area contributed by atoms with E-state index in [0.717, 1.165) is 23.3 Å². The minimum atomic E-state index is -0.184. The fraction of sp³-hybridized carbons (Fsp3) is 0.192. The van der Waals surface area contributed by atoms with E-state index in [1.807, 2.05) is 71.4 Å². The molecule has 2 atom stereocenters.